The van der Waals surface area contributed by atoms with Gasteiger partial charge >= 0.3 is 17.9 Å². The second-order valence-corrected chi connectivity index (χ2v) is 17.3. The Morgan fingerprint density at radius 3 is 1.82 bits per heavy atom. The van der Waals surface area contributed by atoms with Crippen LogP contribution >= 0.6 is 15.9 Å². The number of aromatic nitrogens is 1. The van der Waals surface area contributed by atoms with Crippen LogP contribution < -0.4 is 9.91 Å². The Labute approximate surface area is 208 Å². The van der Waals surface area contributed by atoms with E-state index >= 15 is 13.2 Å². The second-order valence-electron chi connectivity index (χ2n) is 9.35. The van der Waals surface area contributed by atoms with E-state index in [0.717, 1.165) is 0 Å². The lowest BCUT2D eigenvalue weighted by molar-refractivity contribution is -0.429. The zero-order valence-electron chi connectivity index (χ0n) is 20.0. The highest BCUT2D eigenvalue weighted by Crippen LogP contribution is 2.50. The molecule has 5 nitrogen and oxygen atoms in total. The first-order valence-corrected chi connectivity index (χ1v) is 15.1. The molecule has 1 rings (SSSR count). The van der Waals surface area contributed by atoms with Crippen LogP contribution in [0.1, 0.15) is 54.2 Å². The maximum atomic E-state index is 16.0. The molecule has 0 aliphatic carbocycles. The van der Waals surface area contributed by atoms with Crippen molar-refractivity contribution in [2.45, 2.75) is 94.8 Å². The Hall–Kier alpha value is -0.383. The van der Waals surface area contributed by atoms with Crippen molar-refractivity contribution in [3.63, 3.8) is 0 Å². The molecule has 0 saturated heterocycles. The summed E-state index contributed by atoms with van der Waals surface area (Å²) >= 11 is 0.537. The summed E-state index contributed by atoms with van der Waals surface area (Å²) in [6.07, 6.45) is -6.23. The van der Waals surface area contributed by atoms with Crippen LogP contribution in [0.3, 0.4) is 0 Å². The first-order chi connectivity index (χ1) is 15.1. The molecule has 0 aliphatic rings. The lowest BCUT2D eigenvalue weighted by atomic mass is 9.84. The molecule has 34 heavy (non-hydrogen) atoms. The Morgan fingerprint density at radius 1 is 1.03 bits per heavy atom. The zero-order valence-corrected chi connectivity index (χ0v) is 23.4. The molecule has 1 heterocycles. The Bertz CT molecular complexity index is 873. The van der Waals surface area contributed by atoms with Crippen molar-refractivity contribution in [3.05, 3.63) is 22.2 Å². The van der Waals surface area contributed by atoms with Gasteiger partial charge in [-0.3, -0.25) is 0 Å². The first-order valence-electron chi connectivity index (χ1n) is 10.6. The van der Waals surface area contributed by atoms with Crippen molar-refractivity contribution < 1.29 is 41.1 Å². The van der Waals surface area contributed by atoms with Crippen molar-refractivity contribution >= 4 is 40.6 Å². The fourth-order valence-corrected chi connectivity index (χ4v) is 8.85. The van der Waals surface area contributed by atoms with Gasteiger partial charge in [0.1, 0.15) is 20.9 Å². The number of hydrogen-bond acceptors (Lipinski definition) is 5. The van der Waals surface area contributed by atoms with Gasteiger partial charge in [-0.2, -0.15) is 22.0 Å². The smallest absolute Gasteiger partial charge is 0.449 e. The fourth-order valence-electron chi connectivity index (χ4n) is 3.66. The van der Waals surface area contributed by atoms with E-state index in [1.165, 1.54) is 26.8 Å². The molecule has 0 amide bonds. The number of alkyl halides is 5. The van der Waals surface area contributed by atoms with Crippen LogP contribution in [0.2, 0.25) is 18.1 Å². The van der Waals surface area contributed by atoms with Gasteiger partial charge in [0.05, 0.1) is 8.07 Å². The molecule has 1 unspecified atom stereocenters. The molecule has 1 aromatic heterocycles. The summed E-state index contributed by atoms with van der Waals surface area (Å²) in [5.41, 5.74) is -4.76. The minimum absolute atomic E-state index is 0.0516. The fraction of sp³-hybridized carbons (Fsp3) is 0.750. The van der Waals surface area contributed by atoms with E-state index in [1.54, 1.807) is 0 Å². The van der Waals surface area contributed by atoms with E-state index < -0.39 is 59.1 Å². The van der Waals surface area contributed by atoms with Crippen molar-refractivity contribution in [2.75, 3.05) is 0 Å². The number of aliphatic hydroxyl groups is 2. The van der Waals surface area contributed by atoms with Crippen molar-refractivity contribution in [1.82, 2.24) is 9.71 Å². The molecule has 0 fully saturated rings. The first kappa shape index (κ1) is 31.6. The molecule has 0 radical (unpaired) electrons. The standard InChI is InChI=1S/C20H31BrF6N2O3SSi/c1-8-34(9-2,10-3)12-11-13(21)28-15(14(12)22)17(7,29-33(32)16(4,5)6)18(23,24)19(30,31)20(25,26)27/h11,29-31H,8-10H2,1-7H3/t17-,33?/m1/s1. The quantitative estimate of drug-likeness (QED) is 0.124. The summed E-state index contributed by atoms with van der Waals surface area (Å²) in [6, 6.07) is 2.84. The average Bonchev–Trinajstić information content (AvgIpc) is 2.69. The van der Waals surface area contributed by atoms with E-state index in [0.29, 0.717) is 25.1 Å². The van der Waals surface area contributed by atoms with Gasteiger partial charge in [-0.1, -0.05) is 38.9 Å². The van der Waals surface area contributed by atoms with E-state index in [2.05, 4.69) is 20.9 Å². The van der Waals surface area contributed by atoms with E-state index in [1.807, 2.05) is 25.5 Å². The van der Waals surface area contributed by atoms with Crippen LogP contribution in [-0.2, 0) is 16.9 Å². The van der Waals surface area contributed by atoms with E-state index in [-0.39, 0.29) is 9.79 Å². The summed E-state index contributed by atoms with van der Waals surface area (Å²) in [6.45, 7) is 9.91. The third-order valence-corrected chi connectivity index (χ3v) is 14.0. The number of halogens is 7. The average molecular weight is 602 g/mol. The predicted molar refractivity (Wildman–Crippen MR) is 125 cm³/mol. The van der Waals surface area contributed by atoms with Gasteiger partial charge in [0, 0.05) is 11.4 Å². The molecule has 2 atom stereocenters. The number of nitrogens with zero attached hydrogens (tertiary/aromatic N) is 1. The minimum Gasteiger partial charge on any atom is -0.598 e. The van der Waals surface area contributed by atoms with Gasteiger partial charge < -0.3 is 14.8 Å². The molecule has 0 spiro atoms. The Kier molecular flexibility index (Phi) is 9.47. The van der Waals surface area contributed by atoms with Gasteiger partial charge in [0.15, 0.2) is 5.54 Å². The number of rotatable bonds is 9. The van der Waals surface area contributed by atoms with Crippen molar-refractivity contribution in [2.24, 2.45) is 0 Å². The van der Waals surface area contributed by atoms with Crippen LogP contribution in [0.5, 0.6) is 0 Å². The number of nitrogens with one attached hydrogen (secondary N) is 1. The van der Waals surface area contributed by atoms with Crippen LogP contribution in [-0.4, -0.2) is 50.5 Å². The van der Waals surface area contributed by atoms with Gasteiger partial charge in [-0.25, -0.2) is 9.37 Å². The topological polar surface area (TPSA) is 88.4 Å². The molecule has 1 aromatic rings. The zero-order chi connectivity index (χ0) is 27.1. The Morgan fingerprint density at radius 2 is 1.47 bits per heavy atom. The van der Waals surface area contributed by atoms with Gasteiger partial charge in [-0.05, 0) is 54.9 Å². The molecule has 0 aromatic carbocycles. The number of hydrogen-bond donors (Lipinski definition) is 3. The summed E-state index contributed by atoms with van der Waals surface area (Å²) in [5.74, 6) is -12.4. The molecule has 0 aliphatic heterocycles. The van der Waals surface area contributed by atoms with Gasteiger partial charge in [0.2, 0.25) is 0 Å². The highest BCUT2D eigenvalue weighted by molar-refractivity contribution is 9.10. The maximum absolute atomic E-state index is 16.0. The Balaban J connectivity index is 4.12. The normalized spacial score (nSPS) is 17.0. The van der Waals surface area contributed by atoms with Gasteiger partial charge in [-0.15, -0.1) is 4.72 Å². The van der Waals surface area contributed by atoms with E-state index in [4.69, 9.17) is 0 Å². The summed E-state index contributed by atoms with van der Waals surface area (Å²) in [4.78, 5) is 3.72. The van der Waals surface area contributed by atoms with Crippen LogP contribution in [0.4, 0.5) is 26.3 Å². The lowest BCUT2D eigenvalue weighted by Crippen LogP contribution is -2.72. The van der Waals surface area contributed by atoms with E-state index in [9.17, 15) is 27.9 Å². The second kappa shape index (κ2) is 10.2. The summed E-state index contributed by atoms with van der Waals surface area (Å²) in [5, 5.41) is 19.3. The highest BCUT2D eigenvalue weighted by atomic mass is 79.9. The van der Waals surface area contributed by atoms with Crippen LogP contribution in [0.25, 0.3) is 0 Å². The van der Waals surface area contributed by atoms with Gasteiger partial charge in [0.25, 0.3) is 0 Å². The highest BCUT2D eigenvalue weighted by Gasteiger charge is 2.77. The molecule has 3 N–H and O–H groups in total. The minimum atomic E-state index is -6.23. The number of pyridine rings is 1. The molecule has 198 valence electrons. The van der Waals surface area contributed by atoms with Crippen LogP contribution in [0, 0.1) is 5.82 Å². The molecule has 0 saturated carbocycles. The molecular formula is C20H31BrF6N2O3SSi. The summed E-state index contributed by atoms with van der Waals surface area (Å²) < 4.78 is 100. The lowest BCUT2D eigenvalue weighted by Gasteiger charge is -2.44. The van der Waals surface area contributed by atoms with Crippen molar-refractivity contribution in [3.8, 4) is 0 Å². The maximum Gasteiger partial charge on any atom is 0.449 e. The molecule has 0 bridgehead atoms. The monoisotopic (exact) mass is 600 g/mol. The SMILES string of the molecule is CC[Si](CC)(CC)c1cc(Br)nc([C@@](C)(N[S+]([O-])C(C)(C)C)C(F)(F)C(O)(O)C(F)(F)F)c1F. The predicted octanol–water partition coefficient (Wildman–Crippen LogP) is 4.84. The van der Waals surface area contributed by atoms with Crippen molar-refractivity contribution in [1.29, 1.82) is 0 Å². The third-order valence-electron chi connectivity index (χ3n) is 6.32. The van der Waals surface area contributed by atoms with Crippen LogP contribution in [0.15, 0.2) is 10.7 Å². The largest absolute Gasteiger partial charge is 0.598 e. The summed E-state index contributed by atoms with van der Waals surface area (Å²) in [7, 11) is -2.64. The molecule has 14 heteroatoms. The molecular weight excluding hydrogens is 570 g/mol. The third kappa shape index (κ3) is 5.32.